The Bertz CT molecular complexity index is 549. The van der Waals surface area contributed by atoms with Crippen LogP contribution in [0.15, 0.2) is 59.5 Å². The SMILES string of the molecule is CCOc1ccc(SC(C)C(=O)c2ccccc2)cc1. The molecule has 0 amide bonds. The summed E-state index contributed by atoms with van der Waals surface area (Å²) in [5, 5.41) is -0.102. The average Bonchev–Trinajstić information content (AvgIpc) is 2.49. The number of ketones is 1. The van der Waals surface area contributed by atoms with Gasteiger partial charge in [-0.2, -0.15) is 0 Å². The van der Waals surface area contributed by atoms with Crippen LogP contribution in [0.25, 0.3) is 0 Å². The van der Waals surface area contributed by atoms with Crippen molar-refractivity contribution in [2.45, 2.75) is 24.0 Å². The molecule has 0 heterocycles. The lowest BCUT2D eigenvalue weighted by Gasteiger charge is -2.11. The molecule has 1 unspecified atom stereocenters. The van der Waals surface area contributed by atoms with E-state index in [4.69, 9.17) is 4.74 Å². The van der Waals surface area contributed by atoms with Crippen molar-refractivity contribution in [3.63, 3.8) is 0 Å². The second-order valence-corrected chi connectivity index (χ2v) is 5.81. The first-order chi connectivity index (χ1) is 9.70. The highest BCUT2D eigenvalue weighted by molar-refractivity contribution is 8.00. The summed E-state index contributed by atoms with van der Waals surface area (Å²) in [6.07, 6.45) is 0. The summed E-state index contributed by atoms with van der Waals surface area (Å²) in [7, 11) is 0. The number of rotatable bonds is 6. The fourth-order valence-corrected chi connectivity index (χ4v) is 2.82. The third-order valence-electron chi connectivity index (χ3n) is 2.88. The van der Waals surface area contributed by atoms with Crippen LogP contribution in [-0.4, -0.2) is 17.6 Å². The standard InChI is InChI=1S/C17H18O2S/c1-3-19-15-9-11-16(12-10-15)20-13(2)17(18)14-7-5-4-6-8-14/h4-13H,3H2,1-2H3. The van der Waals surface area contributed by atoms with Crippen molar-refractivity contribution >= 4 is 17.5 Å². The Morgan fingerprint density at radius 1 is 1.10 bits per heavy atom. The van der Waals surface area contributed by atoms with E-state index in [1.165, 1.54) is 0 Å². The number of hydrogen-bond acceptors (Lipinski definition) is 3. The first-order valence-electron chi connectivity index (χ1n) is 6.69. The third-order valence-corrected chi connectivity index (χ3v) is 3.99. The van der Waals surface area contributed by atoms with Gasteiger partial charge in [0.25, 0.3) is 0 Å². The molecule has 3 heteroatoms. The molecule has 0 spiro atoms. The highest BCUT2D eigenvalue weighted by Crippen LogP contribution is 2.27. The number of hydrogen-bond donors (Lipinski definition) is 0. The Morgan fingerprint density at radius 2 is 1.75 bits per heavy atom. The zero-order valence-electron chi connectivity index (χ0n) is 11.7. The summed E-state index contributed by atoms with van der Waals surface area (Å²) in [5.41, 5.74) is 0.762. The van der Waals surface area contributed by atoms with Crippen LogP contribution in [-0.2, 0) is 0 Å². The number of carbonyl (C=O) groups is 1. The van der Waals surface area contributed by atoms with Crippen LogP contribution in [0.2, 0.25) is 0 Å². The van der Waals surface area contributed by atoms with Gasteiger partial charge >= 0.3 is 0 Å². The molecular weight excluding hydrogens is 268 g/mol. The van der Waals surface area contributed by atoms with Crippen LogP contribution in [0.1, 0.15) is 24.2 Å². The monoisotopic (exact) mass is 286 g/mol. The van der Waals surface area contributed by atoms with Crippen molar-refractivity contribution in [3.8, 4) is 5.75 Å². The predicted octanol–water partition coefficient (Wildman–Crippen LogP) is 4.45. The molecule has 0 fully saturated rings. The number of Topliss-reactive ketones (excluding diaryl/α,β-unsaturated/α-hetero) is 1. The van der Waals surface area contributed by atoms with Gasteiger partial charge in [0.15, 0.2) is 5.78 Å². The van der Waals surface area contributed by atoms with Gasteiger partial charge in [-0.25, -0.2) is 0 Å². The van der Waals surface area contributed by atoms with E-state index in [1.54, 1.807) is 11.8 Å². The lowest BCUT2D eigenvalue weighted by Crippen LogP contribution is -2.13. The van der Waals surface area contributed by atoms with E-state index in [-0.39, 0.29) is 11.0 Å². The number of benzene rings is 2. The Labute approximate surface area is 124 Å². The maximum Gasteiger partial charge on any atom is 0.175 e. The molecule has 2 aromatic rings. The van der Waals surface area contributed by atoms with Gasteiger partial charge in [0, 0.05) is 10.5 Å². The fraction of sp³-hybridized carbons (Fsp3) is 0.235. The average molecular weight is 286 g/mol. The van der Waals surface area contributed by atoms with Crippen molar-refractivity contribution < 1.29 is 9.53 Å². The number of carbonyl (C=O) groups excluding carboxylic acids is 1. The van der Waals surface area contributed by atoms with Crippen LogP contribution in [0.5, 0.6) is 5.75 Å². The van der Waals surface area contributed by atoms with Crippen molar-refractivity contribution in [1.29, 1.82) is 0 Å². The van der Waals surface area contributed by atoms with E-state index in [9.17, 15) is 4.79 Å². The lowest BCUT2D eigenvalue weighted by molar-refractivity contribution is 0.0994. The summed E-state index contributed by atoms with van der Waals surface area (Å²) in [6.45, 7) is 4.56. The molecule has 0 saturated carbocycles. The summed E-state index contributed by atoms with van der Waals surface area (Å²) in [5.74, 6) is 1.02. The van der Waals surface area contributed by atoms with Crippen LogP contribution >= 0.6 is 11.8 Å². The molecule has 0 aromatic heterocycles. The maximum absolute atomic E-state index is 12.3. The van der Waals surface area contributed by atoms with Crippen LogP contribution in [0, 0.1) is 0 Å². The molecule has 0 N–H and O–H groups in total. The first kappa shape index (κ1) is 14.7. The second-order valence-electron chi connectivity index (χ2n) is 4.39. The molecule has 0 radical (unpaired) electrons. The zero-order chi connectivity index (χ0) is 14.4. The van der Waals surface area contributed by atoms with Crippen molar-refractivity contribution in [2.75, 3.05) is 6.61 Å². The molecule has 2 nitrogen and oxygen atoms in total. The maximum atomic E-state index is 12.3. The Morgan fingerprint density at radius 3 is 2.35 bits per heavy atom. The van der Waals surface area contributed by atoms with Gasteiger partial charge in [-0.1, -0.05) is 30.3 Å². The van der Waals surface area contributed by atoms with Gasteiger partial charge in [0.1, 0.15) is 5.75 Å². The normalized spacial score (nSPS) is 11.9. The number of ether oxygens (including phenoxy) is 1. The highest BCUT2D eigenvalue weighted by Gasteiger charge is 2.16. The largest absolute Gasteiger partial charge is 0.494 e. The molecule has 1 atom stereocenters. The molecule has 2 aromatic carbocycles. The zero-order valence-corrected chi connectivity index (χ0v) is 12.5. The van der Waals surface area contributed by atoms with E-state index < -0.39 is 0 Å². The molecule has 0 saturated heterocycles. The van der Waals surface area contributed by atoms with Gasteiger partial charge < -0.3 is 4.74 Å². The van der Waals surface area contributed by atoms with Crippen LogP contribution < -0.4 is 4.74 Å². The van der Waals surface area contributed by atoms with Crippen LogP contribution in [0.3, 0.4) is 0 Å². The summed E-state index contributed by atoms with van der Waals surface area (Å²) < 4.78 is 5.41. The topological polar surface area (TPSA) is 26.3 Å². The molecular formula is C17H18O2S. The van der Waals surface area contributed by atoms with Gasteiger partial charge in [-0.05, 0) is 38.1 Å². The molecule has 0 aliphatic carbocycles. The van der Waals surface area contributed by atoms with Crippen molar-refractivity contribution in [3.05, 3.63) is 60.2 Å². The Kier molecular flexibility index (Phi) is 5.24. The molecule has 2 rings (SSSR count). The van der Waals surface area contributed by atoms with Gasteiger partial charge in [-0.3, -0.25) is 4.79 Å². The van der Waals surface area contributed by atoms with Gasteiger partial charge in [-0.15, -0.1) is 11.8 Å². The fourth-order valence-electron chi connectivity index (χ4n) is 1.88. The van der Waals surface area contributed by atoms with Gasteiger partial charge in [0.05, 0.1) is 11.9 Å². The highest BCUT2D eigenvalue weighted by atomic mass is 32.2. The van der Waals surface area contributed by atoms with E-state index >= 15 is 0 Å². The molecule has 0 bridgehead atoms. The van der Waals surface area contributed by atoms with E-state index in [0.29, 0.717) is 6.61 Å². The van der Waals surface area contributed by atoms with E-state index in [1.807, 2.05) is 68.4 Å². The van der Waals surface area contributed by atoms with E-state index in [0.717, 1.165) is 16.2 Å². The summed E-state index contributed by atoms with van der Waals surface area (Å²) in [4.78, 5) is 13.3. The quantitative estimate of drug-likeness (QED) is 0.579. The van der Waals surface area contributed by atoms with Crippen LogP contribution in [0.4, 0.5) is 0 Å². The minimum Gasteiger partial charge on any atom is -0.494 e. The summed E-state index contributed by atoms with van der Waals surface area (Å²) >= 11 is 1.57. The van der Waals surface area contributed by atoms with Crippen molar-refractivity contribution in [2.24, 2.45) is 0 Å². The lowest BCUT2D eigenvalue weighted by atomic mass is 10.1. The number of thioether (sulfide) groups is 1. The Balaban J connectivity index is 2.00. The van der Waals surface area contributed by atoms with Crippen molar-refractivity contribution in [1.82, 2.24) is 0 Å². The summed E-state index contributed by atoms with van der Waals surface area (Å²) in [6, 6.07) is 17.3. The Hall–Kier alpha value is -1.74. The van der Waals surface area contributed by atoms with Gasteiger partial charge in [0.2, 0.25) is 0 Å². The molecule has 0 aliphatic rings. The third kappa shape index (κ3) is 3.87. The minimum atomic E-state index is -0.102. The molecule has 0 aliphatic heterocycles. The molecule has 104 valence electrons. The minimum absolute atomic E-state index is 0.102. The second kappa shape index (κ2) is 7.15. The predicted molar refractivity (Wildman–Crippen MR) is 83.7 cm³/mol. The van der Waals surface area contributed by atoms with E-state index in [2.05, 4.69) is 0 Å². The first-order valence-corrected chi connectivity index (χ1v) is 7.57. The molecule has 20 heavy (non-hydrogen) atoms. The smallest absolute Gasteiger partial charge is 0.175 e.